The van der Waals surface area contributed by atoms with Crippen molar-refractivity contribution in [3.8, 4) is 0 Å². The molecule has 0 bridgehead atoms. The van der Waals surface area contributed by atoms with Crippen LogP contribution in [0.1, 0.15) is 31.4 Å². The van der Waals surface area contributed by atoms with Crippen molar-refractivity contribution in [1.29, 1.82) is 0 Å². The molecule has 0 spiro atoms. The van der Waals surface area contributed by atoms with Gasteiger partial charge in [0.2, 0.25) is 0 Å². The minimum absolute atomic E-state index is 0.596. The van der Waals surface area contributed by atoms with Crippen LogP contribution in [0.25, 0.3) is 0 Å². The lowest BCUT2D eigenvalue weighted by atomic mass is 9.89. The van der Waals surface area contributed by atoms with E-state index < -0.39 is 0 Å². The first-order valence-corrected chi connectivity index (χ1v) is 7.01. The van der Waals surface area contributed by atoms with Gasteiger partial charge in [0.1, 0.15) is 0 Å². The van der Waals surface area contributed by atoms with E-state index in [1.807, 2.05) is 0 Å². The van der Waals surface area contributed by atoms with Gasteiger partial charge < -0.3 is 10.2 Å². The van der Waals surface area contributed by atoms with E-state index in [1.165, 1.54) is 29.8 Å². The summed E-state index contributed by atoms with van der Waals surface area (Å²) in [7, 11) is 2.23. The molecule has 2 heteroatoms. The highest BCUT2D eigenvalue weighted by molar-refractivity contribution is 5.49. The molecule has 1 aromatic rings. The first-order chi connectivity index (χ1) is 8.47. The number of hydrogen-bond acceptors (Lipinski definition) is 2. The minimum Gasteiger partial charge on any atom is -0.382 e. The number of rotatable bonds is 2. The number of aryl methyl sites for hydroxylation is 2. The summed E-state index contributed by atoms with van der Waals surface area (Å²) in [5, 5.41) is 3.72. The first-order valence-electron chi connectivity index (χ1n) is 7.01. The molecule has 1 N–H and O–H groups in total. The summed E-state index contributed by atoms with van der Waals surface area (Å²) in [5.41, 5.74) is 4.01. The molecule has 0 saturated carbocycles. The molecule has 1 fully saturated rings. The normalized spacial score (nSPS) is 29.3. The van der Waals surface area contributed by atoms with E-state index in [2.05, 4.69) is 63.2 Å². The maximum absolute atomic E-state index is 3.72. The van der Waals surface area contributed by atoms with Gasteiger partial charge in [-0.25, -0.2) is 0 Å². The molecule has 2 rings (SSSR count). The smallest absolute Gasteiger partial charge is 0.0345 e. The Balaban J connectivity index is 2.06. The summed E-state index contributed by atoms with van der Waals surface area (Å²) in [6.07, 6.45) is 1.23. The van der Waals surface area contributed by atoms with E-state index in [1.54, 1.807) is 0 Å². The van der Waals surface area contributed by atoms with Crippen LogP contribution in [-0.4, -0.2) is 30.6 Å². The Hall–Kier alpha value is -1.02. The highest BCUT2D eigenvalue weighted by atomic mass is 15.2. The second-order valence-electron chi connectivity index (χ2n) is 6.05. The van der Waals surface area contributed by atoms with Crippen LogP contribution in [0.3, 0.4) is 0 Å². The van der Waals surface area contributed by atoms with Crippen molar-refractivity contribution in [2.75, 3.05) is 18.9 Å². The van der Waals surface area contributed by atoms with E-state index in [0.717, 1.165) is 0 Å². The molecule has 100 valence electrons. The van der Waals surface area contributed by atoms with Crippen molar-refractivity contribution < 1.29 is 0 Å². The fourth-order valence-electron chi connectivity index (χ4n) is 2.79. The average Bonchev–Trinajstić information content (AvgIpc) is 2.31. The summed E-state index contributed by atoms with van der Waals surface area (Å²) in [6, 6.07) is 7.95. The zero-order valence-corrected chi connectivity index (χ0v) is 12.3. The number of nitrogens with zero attached hydrogens (tertiary/aromatic N) is 1. The van der Waals surface area contributed by atoms with Gasteiger partial charge in [0, 0.05) is 24.3 Å². The number of likely N-dealkylation sites (tertiary alicyclic amines) is 1. The van der Waals surface area contributed by atoms with Crippen LogP contribution in [0.2, 0.25) is 0 Å². The third-order valence-electron chi connectivity index (χ3n) is 4.47. The Labute approximate surface area is 111 Å². The van der Waals surface area contributed by atoms with Gasteiger partial charge in [0.15, 0.2) is 0 Å². The highest BCUT2D eigenvalue weighted by Crippen LogP contribution is 2.25. The predicted octanol–water partition coefficient (Wildman–Crippen LogP) is 3.44. The summed E-state index contributed by atoms with van der Waals surface area (Å²) < 4.78 is 0. The lowest BCUT2D eigenvalue weighted by Crippen LogP contribution is -2.48. The van der Waals surface area contributed by atoms with Crippen molar-refractivity contribution in [2.24, 2.45) is 5.92 Å². The number of piperidine rings is 1. The van der Waals surface area contributed by atoms with Crippen LogP contribution in [0.5, 0.6) is 0 Å². The van der Waals surface area contributed by atoms with Crippen molar-refractivity contribution in [2.45, 2.75) is 46.2 Å². The maximum Gasteiger partial charge on any atom is 0.0345 e. The van der Waals surface area contributed by atoms with Crippen LogP contribution in [0.15, 0.2) is 18.2 Å². The van der Waals surface area contributed by atoms with Gasteiger partial charge in [-0.1, -0.05) is 13.0 Å². The molecule has 3 atom stereocenters. The topological polar surface area (TPSA) is 15.3 Å². The molecule has 1 saturated heterocycles. The second-order valence-corrected chi connectivity index (χ2v) is 6.05. The van der Waals surface area contributed by atoms with Gasteiger partial charge in [-0.05, 0) is 63.4 Å². The Morgan fingerprint density at radius 1 is 1.17 bits per heavy atom. The third kappa shape index (κ3) is 2.86. The van der Waals surface area contributed by atoms with E-state index in [0.29, 0.717) is 18.0 Å². The van der Waals surface area contributed by atoms with Crippen LogP contribution >= 0.6 is 0 Å². The second kappa shape index (κ2) is 5.31. The van der Waals surface area contributed by atoms with Gasteiger partial charge in [-0.3, -0.25) is 0 Å². The number of hydrogen-bond donors (Lipinski definition) is 1. The summed E-state index contributed by atoms with van der Waals surface area (Å²) in [5.74, 6) is 0.702. The number of anilines is 1. The molecule has 0 aromatic heterocycles. The van der Waals surface area contributed by atoms with Gasteiger partial charge in [-0.2, -0.15) is 0 Å². The van der Waals surface area contributed by atoms with Crippen molar-refractivity contribution in [3.05, 3.63) is 29.3 Å². The largest absolute Gasteiger partial charge is 0.382 e. The molecule has 1 heterocycles. The Morgan fingerprint density at radius 3 is 2.56 bits per heavy atom. The predicted molar refractivity (Wildman–Crippen MR) is 79.2 cm³/mol. The maximum atomic E-state index is 3.72. The van der Waals surface area contributed by atoms with Crippen molar-refractivity contribution >= 4 is 5.69 Å². The first kappa shape index (κ1) is 13.4. The summed E-state index contributed by atoms with van der Waals surface area (Å²) in [4.78, 5) is 2.46. The molecular weight excluding hydrogens is 220 g/mol. The Bertz CT molecular complexity index is 414. The molecular formula is C16H26N2. The SMILES string of the molecule is Cc1ccc(NC2CC(C)N(C)CC2C)cc1C. The van der Waals surface area contributed by atoms with Gasteiger partial charge in [0.05, 0.1) is 0 Å². The van der Waals surface area contributed by atoms with Crippen LogP contribution in [0, 0.1) is 19.8 Å². The van der Waals surface area contributed by atoms with E-state index in [9.17, 15) is 0 Å². The van der Waals surface area contributed by atoms with Crippen LogP contribution in [-0.2, 0) is 0 Å². The van der Waals surface area contributed by atoms with E-state index >= 15 is 0 Å². The van der Waals surface area contributed by atoms with Crippen molar-refractivity contribution in [1.82, 2.24) is 4.90 Å². The van der Waals surface area contributed by atoms with Gasteiger partial charge in [0.25, 0.3) is 0 Å². The van der Waals surface area contributed by atoms with Crippen LogP contribution in [0.4, 0.5) is 5.69 Å². The van der Waals surface area contributed by atoms with Gasteiger partial charge in [-0.15, -0.1) is 0 Å². The fraction of sp³-hybridized carbons (Fsp3) is 0.625. The summed E-state index contributed by atoms with van der Waals surface area (Å²) in [6.45, 7) is 10.2. The fourth-order valence-corrected chi connectivity index (χ4v) is 2.79. The quantitative estimate of drug-likeness (QED) is 0.860. The summed E-state index contributed by atoms with van der Waals surface area (Å²) >= 11 is 0. The zero-order valence-electron chi connectivity index (χ0n) is 12.3. The molecule has 0 aliphatic carbocycles. The van der Waals surface area contributed by atoms with Crippen molar-refractivity contribution in [3.63, 3.8) is 0 Å². The Kier molecular flexibility index (Phi) is 3.96. The lowest BCUT2D eigenvalue weighted by molar-refractivity contribution is 0.145. The average molecular weight is 246 g/mol. The molecule has 2 nitrogen and oxygen atoms in total. The molecule has 0 amide bonds. The molecule has 3 unspecified atom stereocenters. The molecule has 1 aliphatic rings. The lowest BCUT2D eigenvalue weighted by Gasteiger charge is -2.40. The third-order valence-corrected chi connectivity index (χ3v) is 4.47. The molecule has 0 radical (unpaired) electrons. The zero-order chi connectivity index (χ0) is 13.3. The minimum atomic E-state index is 0.596. The number of benzene rings is 1. The standard InChI is InChI=1S/C16H26N2/c1-11-6-7-15(8-12(11)2)17-16-9-14(4)18(5)10-13(16)3/h6-8,13-14,16-17H,9-10H2,1-5H3. The number of nitrogens with one attached hydrogen (secondary N) is 1. The molecule has 1 aliphatic heterocycles. The van der Waals surface area contributed by atoms with Crippen LogP contribution < -0.4 is 5.32 Å². The molecule has 18 heavy (non-hydrogen) atoms. The monoisotopic (exact) mass is 246 g/mol. The Morgan fingerprint density at radius 2 is 1.89 bits per heavy atom. The molecule has 1 aromatic carbocycles. The van der Waals surface area contributed by atoms with Gasteiger partial charge >= 0.3 is 0 Å². The van der Waals surface area contributed by atoms with E-state index in [4.69, 9.17) is 0 Å². The highest BCUT2D eigenvalue weighted by Gasteiger charge is 2.28. The van der Waals surface area contributed by atoms with E-state index in [-0.39, 0.29) is 0 Å².